The molecule has 3 rings (SSSR count). The number of nitrogens with zero attached hydrogens (tertiary/aromatic N) is 3. The van der Waals surface area contributed by atoms with Gasteiger partial charge in [-0.3, -0.25) is 4.79 Å². The summed E-state index contributed by atoms with van der Waals surface area (Å²) in [5.41, 5.74) is 4.34. The summed E-state index contributed by atoms with van der Waals surface area (Å²) in [6, 6.07) is 17.1. The maximum atomic E-state index is 12.9. The molecule has 3 aromatic rings. The van der Waals surface area contributed by atoms with Crippen LogP contribution in [0.2, 0.25) is 0 Å². The molecule has 0 aliphatic heterocycles. The second kappa shape index (κ2) is 9.90. The Morgan fingerprint density at radius 2 is 1.73 bits per heavy atom. The van der Waals surface area contributed by atoms with Crippen LogP contribution in [0.1, 0.15) is 44.5 Å². The van der Waals surface area contributed by atoms with E-state index in [-0.39, 0.29) is 23.9 Å². The number of benzene rings is 2. The minimum absolute atomic E-state index is 0.0714. The second-order valence-electron chi connectivity index (χ2n) is 9.22. The average Bonchev–Trinajstić information content (AvgIpc) is 3.18. The quantitative estimate of drug-likeness (QED) is 0.540. The molecule has 3 amide bonds. The van der Waals surface area contributed by atoms with E-state index >= 15 is 0 Å². The number of nitrogens with one attached hydrogen (secondary N) is 2. The van der Waals surface area contributed by atoms with Gasteiger partial charge in [-0.05, 0) is 50.1 Å². The molecular formula is C26H33N5O2. The Hall–Kier alpha value is -3.61. The number of likely N-dealkylation sites (N-methyl/N-ethyl adjacent to an activating group) is 1. The van der Waals surface area contributed by atoms with Gasteiger partial charge in [-0.2, -0.15) is 5.10 Å². The first-order chi connectivity index (χ1) is 15.6. The number of amides is 3. The van der Waals surface area contributed by atoms with Crippen LogP contribution in [-0.2, 0) is 10.2 Å². The highest BCUT2D eigenvalue weighted by molar-refractivity contribution is 5.97. The fourth-order valence-corrected chi connectivity index (χ4v) is 3.38. The van der Waals surface area contributed by atoms with Gasteiger partial charge in [-0.15, -0.1) is 0 Å². The smallest absolute Gasteiger partial charge is 0.315 e. The minimum atomic E-state index is -0.315. The predicted molar refractivity (Wildman–Crippen MR) is 133 cm³/mol. The van der Waals surface area contributed by atoms with Crippen LogP contribution in [0.4, 0.5) is 16.3 Å². The van der Waals surface area contributed by atoms with E-state index in [0.717, 1.165) is 28.2 Å². The molecule has 7 nitrogen and oxygen atoms in total. The van der Waals surface area contributed by atoms with Crippen molar-refractivity contribution in [1.82, 2.24) is 14.7 Å². The van der Waals surface area contributed by atoms with Crippen LogP contribution in [0.5, 0.6) is 0 Å². The average molecular weight is 448 g/mol. The molecule has 1 aromatic heterocycles. The van der Waals surface area contributed by atoms with Gasteiger partial charge in [0.2, 0.25) is 5.91 Å². The fourth-order valence-electron chi connectivity index (χ4n) is 3.38. The third-order valence-corrected chi connectivity index (χ3v) is 5.38. The molecule has 2 aromatic carbocycles. The molecule has 0 aliphatic carbocycles. The SMILES string of the molecule is CCN(CC(=O)Nc1cc(C(C)(C)C)nn1-c1cccc(C)c1)C(=O)Nc1ccccc1C. The zero-order valence-electron chi connectivity index (χ0n) is 20.3. The lowest BCUT2D eigenvalue weighted by Crippen LogP contribution is -2.40. The predicted octanol–water partition coefficient (Wildman–Crippen LogP) is 5.28. The standard InChI is InChI=1S/C26H33N5O2/c1-7-30(25(33)27-21-14-9-8-12-19(21)3)17-24(32)28-23-16-22(26(4,5)6)29-31(23)20-13-10-11-18(2)15-20/h8-16H,7,17H2,1-6H3,(H,27,33)(H,28,32). The van der Waals surface area contributed by atoms with E-state index in [2.05, 4.69) is 31.4 Å². The normalized spacial score (nSPS) is 11.2. The van der Waals surface area contributed by atoms with Crippen LogP contribution >= 0.6 is 0 Å². The lowest BCUT2D eigenvalue weighted by Gasteiger charge is -2.21. The van der Waals surface area contributed by atoms with Gasteiger partial charge in [0.15, 0.2) is 0 Å². The third kappa shape index (κ3) is 6.00. The first kappa shape index (κ1) is 24.0. The van der Waals surface area contributed by atoms with E-state index in [1.54, 1.807) is 4.68 Å². The summed E-state index contributed by atoms with van der Waals surface area (Å²) in [5.74, 6) is 0.289. The molecule has 0 radical (unpaired) electrons. The van der Waals surface area contributed by atoms with Crippen LogP contribution in [0.3, 0.4) is 0 Å². The summed E-state index contributed by atoms with van der Waals surface area (Å²) in [6.07, 6.45) is 0. The van der Waals surface area contributed by atoms with Gasteiger partial charge in [-0.1, -0.05) is 51.1 Å². The molecule has 0 bridgehead atoms. The number of hydrogen-bond acceptors (Lipinski definition) is 3. The summed E-state index contributed by atoms with van der Waals surface area (Å²) in [6.45, 7) is 12.4. The van der Waals surface area contributed by atoms with Crippen molar-refractivity contribution in [2.24, 2.45) is 0 Å². The Bertz CT molecular complexity index is 1140. The first-order valence-electron chi connectivity index (χ1n) is 11.2. The second-order valence-corrected chi connectivity index (χ2v) is 9.22. The topological polar surface area (TPSA) is 79.3 Å². The Morgan fingerprint density at radius 3 is 2.36 bits per heavy atom. The highest BCUT2D eigenvalue weighted by Gasteiger charge is 2.23. The van der Waals surface area contributed by atoms with Crippen LogP contribution < -0.4 is 10.6 Å². The number of urea groups is 1. The number of aryl methyl sites for hydroxylation is 2. The molecule has 174 valence electrons. The third-order valence-electron chi connectivity index (χ3n) is 5.38. The Morgan fingerprint density at radius 1 is 1.00 bits per heavy atom. The number of rotatable bonds is 6. The molecular weight excluding hydrogens is 414 g/mol. The monoisotopic (exact) mass is 447 g/mol. The van der Waals surface area contributed by atoms with E-state index in [4.69, 9.17) is 5.10 Å². The molecule has 0 saturated carbocycles. The molecule has 0 spiro atoms. The van der Waals surface area contributed by atoms with Gasteiger partial charge in [0.25, 0.3) is 0 Å². The van der Waals surface area contributed by atoms with Crippen molar-refractivity contribution in [3.8, 4) is 5.69 Å². The molecule has 0 saturated heterocycles. The van der Waals surface area contributed by atoms with Crippen molar-refractivity contribution < 1.29 is 9.59 Å². The number of hydrogen-bond donors (Lipinski definition) is 2. The summed E-state index contributed by atoms with van der Waals surface area (Å²) >= 11 is 0. The van der Waals surface area contributed by atoms with Crippen LogP contribution in [0.15, 0.2) is 54.6 Å². The van der Waals surface area contributed by atoms with E-state index in [9.17, 15) is 9.59 Å². The fraction of sp³-hybridized carbons (Fsp3) is 0.346. The van der Waals surface area contributed by atoms with E-state index < -0.39 is 0 Å². The zero-order valence-corrected chi connectivity index (χ0v) is 20.3. The van der Waals surface area contributed by atoms with E-state index in [0.29, 0.717) is 12.4 Å². The molecule has 2 N–H and O–H groups in total. The Labute approximate surface area is 195 Å². The van der Waals surface area contributed by atoms with Crippen molar-refractivity contribution in [3.05, 3.63) is 71.4 Å². The van der Waals surface area contributed by atoms with Crippen molar-refractivity contribution >= 4 is 23.4 Å². The Balaban J connectivity index is 1.79. The number of anilines is 2. The van der Waals surface area contributed by atoms with Gasteiger partial charge in [-0.25, -0.2) is 9.48 Å². The molecule has 0 unspecified atom stereocenters. The van der Waals surface area contributed by atoms with Gasteiger partial charge in [0.1, 0.15) is 12.4 Å². The van der Waals surface area contributed by atoms with Crippen LogP contribution in [-0.4, -0.2) is 39.7 Å². The molecule has 7 heteroatoms. The van der Waals surface area contributed by atoms with Crippen LogP contribution in [0, 0.1) is 13.8 Å². The molecule has 0 atom stereocenters. The van der Waals surface area contributed by atoms with Crippen molar-refractivity contribution in [2.75, 3.05) is 23.7 Å². The highest BCUT2D eigenvalue weighted by atomic mass is 16.2. The number of aromatic nitrogens is 2. The summed E-state index contributed by atoms with van der Waals surface area (Å²) in [7, 11) is 0. The van der Waals surface area contributed by atoms with Gasteiger partial charge >= 0.3 is 6.03 Å². The lowest BCUT2D eigenvalue weighted by molar-refractivity contribution is -0.116. The minimum Gasteiger partial charge on any atom is -0.315 e. The molecule has 1 heterocycles. The Kier molecular flexibility index (Phi) is 7.21. The van der Waals surface area contributed by atoms with Gasteiger partial charge < -0.3 is 15.5 Å². The lowest BCUT2D eigenvalue weighted by atomic mass is 9.92. The maximum Gasteiger partial charge on any atom is 0.322 e. The molecule has 0 fully saturated rings. The largest absolute Gasteiger partial charge is 0.322 e. The molecule has 0 aliphatic rings. The maximum absolute atomic E-state index is 12.9. The summed E-state index contributed by atoms with van der Waals surface area (Å²) < 4.78 is 1.75. The first-order valence-corrected chi connectivity index (χ1v) is 11.2. The van der Waals surface area contributed by atoms with Gasteiger partial charge in [0, 0.05) is 23.7 Å². The summed E-state index contributed by atoms with van der Waals surface area (Å²) in [5, 5.41) is 10.6. The van der Waals surface area contributed by atoms with E-state index in [1.165, 1.54) is 4.90 Å². The van der Waals surface area contributed by atoms with E-state index in [1.807, 2.05) is 75.4 Å². The summed E-state index contributed by atoms with van der Waals surface area (Å²) in [4.78, 5) is 27.2. The molecule has 33 heavy (non-hydrogen) atoms. The van der Waals surface area contributed by atoms with Crippen LogP contribution in [0.25, 0.3) is 5.69 Å². The van der Waals surface area contributed by atoms with Crippen molar-refractivity contribution in [2.45, 2.75) is 47.0 Å². The van der Waals surface area contributed by atoms with Crippen molar-refractivity contribution in [3.63, 3.8) is 0 Å². The number of carbonyl (C=O) groups excluding carboxylic acids is 2. The zero-order chi connectivity index (χ0) is 24.2. The highest BCUT2D eigenvalue weighted by Crippen LogP contribution is 2.26. The van der Waals surface area contributed by atoms with Gasteiger partial charge in [0.05, 0.1) is 11.4 Å². The number of para-hydroxylation sites is 1. The number of carbonyl (C=O) groups is 2. The van der Waals surface area contributed by atoms with Crippen molar-refractivity contribution in [1.29, 1.82) is 0 Å².